The van der Waals surface area contributed by atoms with E-state index in [1.165, 1.54) is 0 Å². The van der Waals surface area contributed by atoms with Gasteiger partial charge in [0.2, 0.25) is 0 Å². The molecule has 0 aromatic carbocycles. The van der Waals surface area contributed by atoms with Gasteiger partial charge in [0.15, 0.2) is 0 Å². The summed E-state index contributed by atoms with van der Waals surface area (Å²) in [6, 6.07) is 0. The second-order valence-electron chi connectivity index (χ2n) is 2.99. The van der Waals surface area contributed by atoms with Gasteiger partial charge in [-0.2, -0.15) is 0 Å². The molecule has 0 aliphatic carbocycles. The second kappa shape index (κ2) is 8.43. The zero-order valence-corrected chi connectivity index (χ0v) is 10.6. The third-order valence-corrected chi connectivity index (χ3v) is 2.91. The first-order chi connectivity index (χ1) is 6.24. The van der Waals surface area contributed by atoms with Crippen LogP contribution in [0.15, 0.2) is 0 Å². The molecule has 80 valence electrons. The van der Waals surface area contributed by atoms with E-state index in [9.17, 15) is 0 Å². The molecule has 1 nitrogen and oxygen atoms in total. The normalized spacial score (nSPS) is 12.0. The Bertz CT molecular complexity index is 91.2. The lowest BCUT2D eigenvalue weighted by Gasteiger charge is -2.36. The smallest absolute Gasteiger partial charge is 0.0925 e. The van der Waals surface area contributed by atoms with E-state index in [1.54, 1.807) is 0 Å². The minimum atomic E-state index is 0.630. The number of hydrogen-bond donors (Lipinski definition) is 0. The number of nitrogens with zero attached hydrogens (tertiary/aromatic N) is 1. The van der Waals surface area contributed by atoms with E-state index in [0.717, 1.165) is 30.7 Å². The average Bonchev–Trinajstić information content (AvgIpc) is 2.06. The number of rotatable bonds is 8. The molecule has 0 amide bonds. The predicted molar refractivity (Wildman–Crippen MR) is 62.6 cm³/mol. The quantitative estimate of drug-likeness (QED) is 0.469. The van der Waals surface area contributed by atoms with Crippen LogP contribution in [0.4, 0.5) is 0 Å². The Morgan fingerprint density at radius 3 is 0.923 bits per heavy atom. The Balaban J connectivity index is 4.19. The average molecular weight is 268 g/mol. The molecule has 0 aromatic heterocycles. The van der Waals surface area contributed by atoms with Crippen molar-refractivity contribution >= 4 is 46.4 Å². The summed E-state index contributed by atoms with van der Waals surface area (Å²) in [6.07, 6.45) is 0. The first-order valence-electron chi connectivity index (χ1n) is 4.33. The van der Waals surface area contributed by atoms with Crippen molar-refractivity contribution in [2.45, 2.75) is 0 Å². The van der Waals surface area contributed by atoms with Gasteiger partial charge in [-0.15, -0.1) is 46.4 Å². The molecular formula is C8H16Cl4N+. The zero-order valence-electron chi connectivity index (χ0n) is 7.62. The molecule has 0 aliphatic heterocycles. The van der Waals surface area contributed by atoms with E-state index in [0.29, 0.717) is 23.5 Å². The summed E-state index contributed by atoms with van der Waals surface area (Å²) in [5, 5.41) is 0. The predicted octanol–water partition coefficient (Wildman–Crippen LogP) is 2.76. The molecule has 0 bridgehead atoms. The summed E-state index contributed by atoms with van der Waals surface area (Å²) in [5.41, 5.74) is 0. The SMILES string of the molecule is ClCC[N+](CCCl)(CCCl)CCCl. The fraction of sp³-hybridized carbons (Fsp3) is 1.00. The molecule has 0 fully saturated rings. The van der Waals surface area contributed by atoms with Gasteiger partial charge < -0.3 is 4.48 Å². The van der Waals surface area contributed by atoms with Gasteiger partial charge in [0.1, 0.15) is 0 Å². The van der Waals surface area contributed by atoms with Crippen molar-refractivity contribution in [1.29, 1.82) is 0 Å². The largest absolute Gasteiger partial charge is 0.320 e. The number of hydrogen-bond acceptors (Lipinski definition) is 0. The molecule has 13 heavy (non-hydrogen) atoms. The summed E-state index contributed by atoms with van der Waals surface area (Å²) in [7, 11) is 0. The Kier molecular flexibility index (Phi) is 9.16. The number of halogens is 4. The van der Waals surface area contributed by atoms with E-state index in [4.69, 9.17) is 46.4 Å². The highest BCUT2D eigenvalue weighted by atomic mass is 35.5. The molecule has 0 unspecified atom stereocenters. The van der Waals surface area contributed by atoms with E-state index in [2.05, 4.69) is 0 Å². The first kappa shape index (κ1) is 14.1. The van der Waals surface area contributed by atoms with Gasteiger partial charge in [-0.05, 0) is 0 Å². The highest BCUT2D eigenvalue weighted by Crippen LogP contribution is 2.09. The van der Waals surface area contributed by atoms with Gasteiger partial charge in [-0.3, -0.25) is 0 Å². The Labute approximate surface area is 100 Å². The van der Waals surface area contributed by atoms with Crippen LogP contribution in [0, 0.1) is 0 Å². The first-order valence-corrected chi connectivity index (χ1v) is 6.47. The van der Waals surface area contributed by atoms with Crippen molar-refractivity contribution in [1.82, 2.24) is 0 Å². The van der Waals surface area contributed by atoms with Crippen molar-refractivity contribution in [3.63, 3.8) is 0 Å². The molecule has 0 heterocycles. The molecule has 0 saturated heterocycles. The van der Waals surface area contributed by atoms with Crippen LogP contribution in [0.1, 0.15) is 0 Å². The molecule has 0 N–H and O–H groups in total. The summed E-state index contributed by atoms with van der Waals surface area (Å²) in [6.45, 7) is 3.59. The van der Waals surface area contributed by atoms with Crippen molar-refractivity contribution in [3.05, 3.63) is 0 Å². The van der Waals surface area contributed by atoms with Crippen molar-refractivity contribution in [2.75, 3.05) is 49.7 Å². The minimum absolute atomic E-state index is 0.630. The maximum absolute atomic E-state index is 5.75. The molecule has 0 rings (SSSR count). The lowest BCUT2D eigenvalue weighted by molar-refractivity contribution is -0.919. The third kappa shape index (κ3) is 5.54. The van der Waals surface area contributed by atoms with E-state index in [1.807, 2.05) is 0 Å². The van der Waals surface area contributed by atoms with Gasteiger partial charge in [-0.1, -0.05) is 0 Å². The highest BCUT2D eigenvalue weighted by Gasteiger charge is 2.24. The molecule has 0 aromatic rings. The lowest BCUT2D eigenvalue weighted by atomic mass is 10.3. The highest BCUT2D eigenvalue weighted by molar-refractivity contribution is 6.19. The maximum atomic E-state index is 5.75. The number of quaternary nitrogens is 1. The Morgan fingerprint density at radius 1 is 0.538 bits per heavy atom. The minimum Gasteiger partial charge on any atom is -0.320 e. The summed E-state index contributed by atoms with van der Waals surface area (Å²) >= 11 is 23.0. The fourth-order valence-electron chi connectivity index (χ4n) is 1.39. The van der Waals surface area contributed by atoms with Gasteiger partial charge in [0.25, 0.3) is 0 Å². The van der Waals surface area contributed by atoms with Gasteiger partial charge >= 0.3 is 0 Å². The standard InChI is InChI=1S/C8H16Cl4N/c9-1-5-13(6-2-10,7-3-11)8-4-12/h1-8H2/q+1. The summed E-state index contributed by atoms with van der Waals surface area (Å²) in [4.78, 5) is 0. The zero-order chi connectivity index (χ0) is 10.2. The van der Waals surface area contributed by atoms with Crippen LogP contribution in [0.25, 0.3) is 0 Å². The fourth-order valence-corrected chi connectivity index (χ4v) is 2.82. The van der Waals surface area contributed by atoms with Crippen LogP contribution in [-0.2, 0) is 0 Å². The summed E-state index contributed by atoms with van der Waals surface area (Å²) in [5.74, 6) is 2.52. The van der Waals surface area contributed by atoms with Crippen LogP contribution in [0.3, 0.4) is 0 Å². The Hall–Kier alpha value is 1.12. The molecule has 0 spiro atoms. The molecule has 0 radical (unpaired) electrons. The van der Waals surface area contributed by atoms with Gasteiger partial charge in [-0.25, -0.2) is 0 Å². The van der Waals surface area contributed by atoms with E-state index in [-0.39, 0.29) is 0 Å². The van der Waals surface area contributed by atoms with Crippen LogP contribution in [0.2, 0.25) is 0 Å². The molecule has 0 atom stereocenters. The van der Waals surface area contributed by atoms with Crippen LogP contribution < -0.4 is 0 Å². The third-order valence-electron chi connectivity index (χ3n) is 2.24. The lowest BCUT2D eigenvalue weighted by Crippen LogP contribution is -2.53. The molecule has 5 heteroatoms. The van der Waals surface area contributed by atoms with Crippen LogP contribution >= 0.6 is 46.4 Å². The Morgan fingerprint density at radius 2 is 0.769 bits per heavy atom. The molecule has 0 aliphatic rings. The van der Waals surface area contributed by atoms with Gasteiger partial charge in [0, 0.05) is 0 Å². The van der Waals surface area contributed by atoms with Gasteiger partial charge in [0.05, 0.1) is 49.7 Å². The summed E-state index contributed by atoms with van der Waals surface area (Å²) < 4.78 is 0.847. The maximum Gasteiger partial charge on any atom is 0.0925 e. The van der Waals surface area contributed by atoms with Crippen molar-refractivity contribution < 1.29 is 4.48 Å². The number of alkyl halides is 4. The van der Waals surface area contributed by atoms with E-state index < -0.39 is 0 Å². The van der Waals surface area contributed by atoms with Crippen molar-refractivity contribution in [3.8, 4) is 0 Å². The molecule has 0 saturated carbocycles. The van der Waals surface area contributed by atoms with E-state index >= 15 is 0 Å². The topological polar surface area (TPSA) is 0 Å². The van der Waals surface area contributed by atoms with Crippen molar-refractivity contribution in [2.24, 2.45) is 0 Å². The monoisotopic (exact) mass is 266 g/mol. The van der Waals surface area contributed by atoms with Crippen LogP contribution in [-0.4, -0.2) is 54.2 Å². The molecular weight excluding hydrogens is 252 g/mol. The second-order valence-corrected chi connectivity index (χ2v) is 4.50. The van der Waals surface area contributed by atoms with Crippen LogP contribution in [0.5, 0.6) is 0 Å².